The van der Waals surface area contributed by atoms with Crippen LogP contribution in [0.3, 0.4) is 0 Å². The summed E-state index contributed by atoms with van der Waals surface area (Å²) in [5.41, 5.74) is 6.84. The number of pyridine rings is 1. The number of nitrogens with zero attached hydrogens (tertiary/aromatic N) is 1. The minimum atomic E-state index is -0.521. The molecular weight excluding hydrogens is 375 g/mol. The summed E-state index contributed by atoms with van der Waals surface area (Å²) in [4.78, 5) is 16.6. The second-order valence-electron chi connectivity index (χ2n) is 7.23. The Morgan fingerprint density at radius 2 is 1.50 bits per heavy atom. The molecule has 30 heavy (non-hydrogen) atoms. The monoisotopic (exact) mass is 396 g/mol. The van der Waals surface area contributed by atoms with Crippen molar-refractivity contribution in [2.24, 2.45) is 0 Å². The molecule has 0 aliphatic carbocycles. The number of aryl methyl sites for hydroxylation is 2. The van der Waals surface area contributed by atoms with Gasteiger partial charge in [-0.05, 0) is 83.6 Å². The first kappa shape index (κ1) is 19.5. The number of anilines is 1. The van der Waals surface area contributed by atoms with E-state index in [-0.39, 0.29) is 5.56 Å². The van der Waals surface area contributed by atoms with Crippen molar-refractivity contribution in [1.29, 1.82) is 0 Å². The molecule has 0 atom stereocenters. The van der Waals surface area contributed by atoms with E-state index in [0.717, 1.165) is 27.8 Å². The number of amides is 1. The lowest BCUT2D eigenvalue weighted by Crippen LogP contribution is -2.15. The Morgan fingerprint density at radius 3 is 2.20 bits per heavy atom. The first-order valence-corrected chi connectivity index (χ1v) is 9.71. The number of rotatable bonds is 4. The first-order chi connectivity index (χ1) is 14.5. The number of nitrogens with one attached hydrogen (secondary N) is 1. The molecule has 0 spiro atoms. The van der Waals surface area contributed by atoms with Gasteiger partial charge in [0.25, 0.3) is 5.91 Å². The fraction of sp³-hybridized carbons (Fsp3) is 0.0769. The fourth-order valence-electron chi connectivity index (χ4n) is 3.50. The highest BCUT2D eigenvalue weighted by molar-refractivity contribution is 6.05. The molecule has 0 fully saturated rings. The second-order valence-corrected chi connectivity index (χ2v) is 7.23. The van der Waals surface area contributed by atoms with Crippen molar-refractivity contribution in [2.45, 2.75) is 13.8 Å². The molecule has 1 heterocycles. The molecule has 4 heteroatoms. The van der Waals surface area contributed by atoms with Crippen LogP contribution in [0.15, 0.2) is 85.2 Å². The summed E-state index contributed by atoms with van der Waals surface area (Å²) >= 11 is 0. The van der Waals surface area contributed by atoms with Crippen LogP contribution in [0.25, 0.3) is 22.3 Å². The van der Waals surface area contributed by atoms with Crippen molar-refractivity contribution >= 4 is 11.6 Å². The summed E-state index contributed by atoms with van der Waals surface area (Å²) in [5.74, 6) is -0.970. The molecule has 1 amide bonds. The molecule has 4 rings (SSSR count). The molecule has 3 nitrogen and oxygen atoms in total. The highest BCUT2D eigenvalue weighted by atomic mass is 19.1. The van der Waals surface area contributed by atoms with Crippen LogP contribution in [0.2, 0.25) is 0 Å². The number of aromatic nitrogens is 1. The minimum Gasteiger partial charge on any atom is -0.322 e. The van der Waals surface area contributed by atoms with Gasteiger partial charge in [-0.1, -0.05) is 36.4 Å². The van der Waals surface area contributed by atoms with E-state index >= 15 is 0 Å². The maximum absolute atomic E-state index is 14.0. The maximum Gasteiger partial charge on any atom is 0.258 e. The van der Waals surface area contributed by atoms with Crippen LogP contribution < -0.4 is 5.32 Å². The molecule has 4 aromatic rings. The Kier molecular flexibility index (Phi) is 5.40. The lowest BCUT2D eigenvalue weighted by molar-refractivity contribution is 0.102. The minimum absolute atomic E-state index is 0.0717. The normalized spacial score (nSPS) is 10.6. The number of carbonyl (C=O) groups is 1. The standard InChI is InChI=1S/C26H21FN2O/c1-17-6-7-21(19-12-14-28-15-13-19)16-23(17)20-8-10-22(11-9-20)29-26(30)25-18(2)4-3-5-24(25)27/h3-16H,1-2H3,(H,29,30). The van der Waals surface area contributed by atoms with Crippen LogP contribution in [0, 0.1) is 19.7 Å². The third kappa shape index (κ3) is 3.98. The number of halogens is 1. The van der Waals surface area contributed by atoms with E-state index in [2.05, 4.69) is 35.4 Å². The van der Waals surface area contributed by atoms with E-state index in [1.165, 1.54) is 6.07 Å². The van der Waals surface area contributed by atoms with Crippen molar-refractivity contribution in [3.8, 4) is 22.3 Å². The maximum atomic E-state index is 14.0. The summed E-state index contributed by atoms with van der Waals surface area (Å²) in [5, 5.41) is 2.78. The predicted octanol–water partition coefficient (Wildman–Crippen LogP) is 6.42. The Balaban J connectivity index is 1.59. The van der Waals surface area contributed by atoms with Gasteiger partial charge in [-0.15, -0.1) is 0 Å². The van der Waals surface area contributed by atoms with E-state index < -0.39 is 11.7 Å². The van der Waals surface area contributed by atoms with Crippen molar-refractivity contribution in [3.05, 3.63) is 108 Å². The van der Waals surface area contributed by atoms with Crippen LogP contribution in [0.1, 0.15) is 21.5 Å². The molecule has 0 unspecified atom stereocenters. The van der Waals surface area contributed by atoms with Gasteiger partial charge < -0.3 is 5.32 Å². The zero-order valence-corrected chi connectivity index (χ0v) is 16.8. The molecule has 148 valence electrons. The van der Waals surface area contributed by atoms with E-state index in [9.17, 15) is 9.18 Å². The average Bonchev–Trinajstić information content (AvgIpc) is 2.75. The van der Waals surface area contributed by atoms with Gasteiger partial charge in [0.15, 0.2) is 0 Å². The van der Waals surface area contributed by atoms with Gasteiger partial charge in [0, 0.05) is 18.1 Å². The smallest absolute Gasteiger partial charge is 0.258 e. The van der Waals surface area contributed by atoms with Crippen molar-refractivity contribution in [2.75, 3.05) is 5.32 Å². The molecule has 1 aromatic heterocycles. The third-order valence-corrected chi connectivity index (χ3v) is 5.15. The summed E-state index contributed by atoms with van der Waals surface area (Å²) in [6, 6.07) is 22.5. The van der Waals surface area contributed by atoms with Crippen LogP contribution in [-0.4, -0.2) is 10.9 Å². The van der Waals surface area contributed by atoms with Crippen LogP contribution in [0.5, 0.6) is 0 Å². The van der Waals surface area contributed by atoms with Crippen molar-refractivity contribution in [1.82, 2.24) is 4.98 Å². The molecular formula is C26H21FN2O. The molecule has 0 aliphatic heterocycles. The SMILES string of the molecule is Cc1ccc(-c2ccncc2)cc1-c1ccc(NC(=O)c2c(C)cccc2F)cc1. The van der Waals surface area contributed by atoms with Crippen LogP contribution in [0.4, 0.5) is 10.1 Å². The lowest BCUT2D eigenvalue weighted by Gasteiger charge is -2.12. The summed E-state index contributed by atoms with van der Waals surface area (Å²) in [6.45, 7) is 3.79. The summed E-state index contributed by atoms with van der Waals surface area (Å²) in [7, 11) is 0. The third-order valence-electron chi connectivity index (χ3n) is 5.15. The molecule has 0 radical (unpaired) electrons. The van der Waals surface area contributed by atoms with Gasteiger partial charge in [-0.2, -0.15) is 0 Å². The topological polar surface area (TPSA) is 42.0 Å². The van der Waals surface area contributed by atoms with Gasteiger partial charge in [0.1, 0.15) is 5.82 Å². The molecule has 3 aromatic carbocycles. The van der Waals surface area contributed by atoms with Gasteiger partial charge in [0.05, 0.1) is 5.56 Å². The van der Waals surface area contributed by atoms with Crippen molar-refractivity contribution in [3.63, 3.8) is 0 Å². The van der Waals surface area contributed by atoms with Crippen LogP contribution >= 0.6 is 0 Å². The Morgan fingerprint density at radius 1 is 0.800 bits per heavy atom. The largest absolute Gasteiger partial charge is 0.322 e. The molecule has 0 saturated heterocycles. The Hall–Kier alpha value is -3.79. The zero-order chi connectivity index (χ0) is 21.1. The lowest BCUT2D eigenvalue weighted by atomic mass is 9.95. The molecule has 1 N–H and O–H groups in total. The molecule has 0 bridgehead atoms. The zero-order valence-electron chi connectivity index (χ0n) is 16.8. The van der Waals surface area contributed by atoms with Gasteiger partial charge in [-0.25, -0.2) is 4.39 Å². The average molecular weight is 396 g/mol. The highest BCUT2D eigenvalue weighted by Crippen LogP contribution is 2.30. The quantitative estimate of drug-likeness (QED) is 0.432. The van der Waals surface area contributed by atoms with Gasteiger partial charge >= 0.3 is 0 Å². The number of benzene rings is 3. The summed E-state index contributed by atoms with van der Waals surface area (Å²) in [6.07, 6.45) is 3.56. The van der Waals surface area contributed by atoms with E-state index in [4.69, 9.17) is 0 Å². The van der Waals surface area contributed by atoms with E-state index in [1.54, 1.807) is 31.5 Å². The Labute approximate surface area is 175 Å². The predicted molar refractivity (Wildman–Crippen MR) is 119 cm³/mol. The molecule has 0 aliphatic rings. The number of hydrogen-bond acceptors (Lipinski definition) is 2. The van der Waals surface area contributed by atoms with Gasteiger partial charge in [-0.3, -0.25) is 9.78 Å². The van der Waals surface area contributed by atoms with Crippen LogP contribution in [-0.2, 0) is 0 Å². The van der Waals surface area contributed by atoms with E-state index in [0.29, 0.717) is 11.3 Å². The highest BCUT2D eigenvalue weighted by Gasteiger charge is 2.14. The number of hydrogen-bond donors (Lipinski definition) is 1. The van der Waals surface area contributed by atoms with Crippen molar-refractivity contribution < 1.29 is 9.18 Å². The second kappa shape index (κ2) is 8.29. The van der Waals surface area contributed by atoms with E-state index in [1.807, 2.05) is 36.4 Å². The Bertz CT molecular complexity index is 1180. The first-order valence-electron chi connectivity index (χ1n) is 9.71. The summed E-state index contributed by atoms with van der Waals surface area (Å²) < 4.78 is 14.0. The fourth-order valence-corrected chi connectivity index (χ4v) is 3.50. The number of carbonyl (C=O) groups excluding carboxylic acids is 1. The van der Waals surface area contributed by atoms with Gasteiger partial charge in [0.2, 0.25) is 0 Å². The molecule has 0 saturated carbocycles.